The van der Waals surface area contributed by atoms with E-state index in [-0.39, 0.29) is 28.7 Å². The molecule has 0 radical (unpaired) electrons. The highest BCUT2D eigenvalue weighted by atomic mass is 127. The van der Waals surface area contributed by atoms with Crippen LogP contribution in [0, 0.1) is 11.3 Å². The molecule has 1 aliphatic heterocycles. The van der Waals surface area contributed by atoms with Crippen LogP contribution in [0.2, 0.25) is 0 Å². The summed E-state index contributed by atoms with van der Waals surface area (Å²) < 4.78 is 75.8. The Balaban J connectivity index is 3.01. The molecule has 0 aromatic rings. The van der Waals surface area contributed by atoms with Gasteiger partial charge in [-0.1, -0.05) is 23.1 Å². The van der Waals surface area contributed by atoms with Gasteiger partial charge in [0.05, 0.1) is 11.3 Å². The molecule has 0 fully saturated rings. The molecular weight excluding hydrogens is 521 g/mol. The average Bonchev–Trinajstić information content (AvgIpc) is 2.61. The van der Waals surface area contributed by atoms with E-state index in [1.54, 1.807) is 6.92 Å². The smallest absolute Gasteiger partial charge is 0.428 e. The van der Waals surface area contributed by atoms with E-state index in [0.29, 0.717) is 6.42 Å². The third kappa shape index (κ3) is 5.29. The van der Waals surface area contributed by atoms with Gasteiger partial charge in [-0.15, -0.1) is 0 Å². The SMILES string of the molecule is CCC(C)C(=O)/C(C=N)=C1\C=CC(OCC(OI)(C(F)(F)F)C(F)(F)P)=CN1. The zero-order valence-electron chi connectivity index (χ0n) is 14.9. The minimum Gasteiger partial charge on any atom is -0.488 e. The van der Waals surface area contributed by atoms with Crippen molar-refractivity contribution in [3.8, 4) is 0 Å². The van der Waals surface area contributed by atoms with E-state index in [4.69, 9.17) is 10.1 Å². The van der Waals surface area contributed by atoms with Gasteiger partial charge in [0.2, 0.25) is 0 Å². The van der Waals surface area contributed by atoms with Crippen LogP contribution in [0.5, 0.6) is 0 Å². The minimum absolute atomic E-state index is 0.0811. The molecule has 0 amide bonds. The number of halogens is 6. The Labute approximate surface area is 175 Å². The van der Waals surface area contributed by atoms with Crippen LogP contribution in [0.25, 0.3) is 0 Å². The van der Waals surface area contributed by atoms with Gasteiger partial charge in [0, 0.05) is 18.3 Å². The summed E-state index contributed by atoms with van der Waals surface area (Å²) in [4.78, 5) is 12.2. The Morgan fingerprint density at radius 3 is 2.32 bits per heavy atom. The van der Waals surface area contributed by atoms with Crippen molar-refractivity contribution < 1.29 is 34.5 Å². The Kier molecular flexibility index (Phi) is 8.58. The summed E-state index contributed by atoms with van der Waals surface area (Å²) in [6, 6.07) is 0. The van der Waals surface area contributed by atoms with Crippen molar-refractivity contribution in [3.05, 3.63) is 35.4 Å². The maximum absolute atomic E-state index is 13.6. The molecule has 3 atom stereocenters. The van der Waals surface area contributed by atoms with Crippen molar-refractivity contribution in [2.24, 2.45) is 5.92 Å². The first-order chi connectivity index (χ1) is 12.8. The van der Waals surface area contributed by atoms with E-state index in [9.17, 15) is 26.7 Å². The van der Waals surface area contributed by atoms with E-state index >= 15 is 0 Å². The van der Waals surface area contributed by atoms with E-state index in [2.05, 4.69) is 8.38 Å². The van der Waals surface area contributed by atoms with E-state index in [1.807, 2.05) is 6.92 Å². The van der Waals surface area contributed by atoms with E-state index in [0.717, 1.165) is 44.7 Å². The molecule has 5 nitrogen and oxygen atoms in total. The summed E-state index contributed by atoms with van der Waals surface area (Å²) in [6.45, 7) is 2.01. The van der Waals surface area contributed by atoms with Crippen molar-refractivity contribution in [3.63, 3.8) is 0 Å². The summed E-state index contributed by atoms with van der Waals surface area (Å²) in [5.41, 5.74) is -7.89. The van der Waals surface area contributed by atoms with Crippen LogP contribution in [0.3, 0.4) is 0 Å². The molecule has 1 rings (SSSR count). The Morgan fingerprint density at radius 1 is 1.36 bits per heavy atom. The van der Waals surface area contributed by atoms with Gasteiger partial charge in [0.1, 0.15) is 35.4 Å². The number of carbonyl (C=O) groups excluding carboxylic acids is 1. The van der Waals surface area contributed by atoms with Crippen LogP contribution in [0.4, 0.5) is 22.0 Å². The number of nitrogens with one attached hydrogen (secondary N) is 2. The molecule has 0 bridgehead atoms. The Hall–Kier alpha value is -1.07. The van der Waals surface area contributed by atoms with Crippen LogP contribution in [0.15, 0.2) is 35.4 Å². The minimum atomic E-state index is -5.41. The number of Topliss-reactive ketones (excluding diaryl/α,β-unsaturated/α-hetero) is 1. The summed E-state index contributed by atoms with van der Waals surface area (Å²) >= 11 is 0.764. The van der Waals surface area contributed by atoms with Gasteiger partial charge >= 0.3 is 11.8 Å². The highest BCUT2D eigenvalue weighted by molar-refractivity contribution is 14.1. The maximum Gasteiger partial charge on any atom is 0.428 e. The van der Waals surface area contributed by atoms with Crippen LogP contribution in [0.1, 0.15) is 20.3 Å². The standard InChI is InChI=1S/C16H19F5IN2O3P/c1-3-9(2)13(25)11(6-23)12-5-4-10(7-24-12)26-8-14(27-22,15(17,18)19)16(20,21)28/h4-7,9,23-24H,3,8,28H2,1-2H3/b12-11+,23-6?. The fraction of sp³-hybridized carbons (Fsp3) is 0.500. The maximum atomic E-state index is 13.6. The summed E-state index contributed by atoms with van der Waals surface area (Å²) in [5, 5.41) is 10.0. The van der Waals surface area contributed by atoms with E-state index in [1.165, 1.54) is 12.2 Å². The summed E-state index contributed by atoms with van der Waals surface area (Å²) in [5.74, 6) is -0.779. The number of alkyl halides is 5. The number of allylic oxidation sites excluding steroid dienone is 3. The first-order valence-electron chi connectivity index (χ1n) is 7.94. The lowest BCUT2D eigenvalue weighted by Gasteiger charge is -2.37. The predicted octanol–water partition coefficient (Wildman–Crippen LogP) is 4.66. The van der Waals surface area contributed by atoms with Gasteiger partial charge in [-0.2, -0.15) is 22.0 Å². The molecule has 3 unspecified atom stereocenters. The molecule has 1 heterocycles. The molecule has 0 saturated carbocycles. The highest BCUT2D eigenvalue weighted by Gasteiger charge is 2.70. The van der Waals surface area contributed by atoms with Gasteiger partial charge in [0.15, 0.2) is 5.78 Å². The molecular formula is C16H19F5IN2O3P. The molecule has 0 aromatic carbocycles. The second kappa shape index (κ2) is 9.62. The average molecular weight is 540 g/mol. The molecule has 28 heavy (non-hydrogen) atoms. The third-order valence-corrected chi connectivity index (χ3v) is 5.33. The van der Waals surface area contributed by atoms with Crippen LogP contribution in [-0.4, -0.2) is 36.0 Å². The first-order valence-corrected chi connectivity index (χ1v) is 9.40. The van der Waals surface area contributed by atoms with Gasteiger partial charge in [-0.25, -0.2) is 0 Å². The van der Waals surface area contributed by atoms with Crippen molar-refractivity contribution in [2.45, 2.75) is 37.7 Å². The van der Waals surface area contributed by atoms with Crippen molar-refractivity contribution >= 4 is 44.2 Å². The molecule has 1 aliphatic rings. The molecule has 0 aromatic heterocycles. The topological polar surface area (TPSA) is 71.4 Å². The van der Waals surface area contributed by atoms with Crippen LogP contribution in [-0.2, 0) is 12.6 Å². The number of rotatable bonds is 9. The monoisotopic (exact) mass is 540 g/mol. The van der Waals surface area contributed by atoms with Crippen LogP contribution < -0.4 is 5.32 Å². The number of carbonyl (C=O) groups is 1. The fourth-order valence-electron chi connectivity index (χ4n) is 2.07. The first kappa shape index (κ1) is 25.0. The second-order valence-electron chi connectivity index (χ2n) is 5.98. The quantitative estimate of drug-likeness (QED) is 0.147. The second-order valence-corrected chi connectivity index (χ2v) is 7.15. The lowest BCUT2D eigenvalue weighted by atomic mass is 9.95. The molecule has 12 heteroatoms. The van der Waals surface area contributed by atoms with Gasteiger partial charge in [-0.05, 0) is 18.6 Å². The lowest BCUT2D eigenvalue weighted by Crippen LogP contribution is -2.59. The van der Waals surface area contributed by atoms with Gasteiger partial charge < -0.3 is 15.5 Å². The molecule has 0 aliphatic carbocycles. The van der Waals surface area contributed by atoms with Gasteiger partial charge in [-0.3, -0.25) is 7.86 Å². The molecule has 0 spiro atoms. The number of hydrogen-bond donors (Lipinski definition) is 2. The fourth-order valence-corrected chi connectivity index (χ4v) is 3.29. The Bertz CT molecular complexity index is 687. The van der Waals surface area contributed by atoms with Crippen LogP contribution >= 0.6 is 32.2 Å². The highest BCUT2D eigenvalue weighted by Crippen LogP contribution is 2.50. The van der Waals surface area contributed by atoms with Gasteiger partial charge in [0.25, 0.3) is 5.60 Å². The lowest BCUT2D eigenvalue weighted by molar-refractivity contribution is -0.296. The summed E-state index contributed by atoms with van der Waals surface area (Å²) in [6.07, 6.45) is -0.348. The number of ether oxygens (including phenoxy) is 1. The third-order valence-electron chi connectivity index (χ3n) is 4.11. The zero-order valence-corrected chi connectivity index (χ0v) is 18.2. The predicted molar refractivity (Wildman–Crippen MR) is 105 cm³/mol. The molecule has 0 saturated heterocycles. The zero-order chi connectivity index (χ0) is 21.8. The van der Waals surface area contributed by atoms with Crippen molar-refractivity contribution in [1.82, 2.24) is 5.32 Å². The number of hydrogen-bond acceptors (Lipinski definition) is 5. The normalized spacial score (nSPS) is 19.8. The number of dihydropyridines is 1. The molecule has 2 N–H and O–H groups in total. The summed E-state index contributed by atoms with van der Waals surface area (Å²) in [7, 11) is 0.817. The van der Waals surface area contributed by atoms with Crippen molar-refractivity contribution in [2.75, 3.05) is 6.61 Å². The van der Waals surface area contributed by atoms with Crippen molar-refractivity contribution in [1.29, 1.82) is 5.41 Å². The molecule has 158 valence electrons. The van der Waals surface area contributed by atoms with E-state index < -0.39 is 24.0 Å². The Morgan fingerprint density at radius 2 is 1.96 bits per heavy atom. The largest absolute Gasteiger partial charge is 0.488 e. The number of ketones is 1.